The molecule has 1 heteroatoms. The molecular formula is C7H9I. The molecule has 0 fully saturated rings. The molecule has 0 unspecified atom stereocenters. The van der Waals surface area contributed by atoms with Crippen molar-refractivity contribution in [1.82, 2.24) is 0 Å². The van der Waals surface area contributed by atoms with Gasteiger partial charge >= 0.3 is 0 Å². The molecular weight excluding hydrogens is 211 g/mol. The predicted octanol–water partition coefficient (Wildman–Crippen LogP) is 2.39. The van der Waals surface area contributed by atoms with Crippen molar-refractivity contribution in [2.45, 2.75) is 13.3 Å². The Morgan fingerprint density at radius 3 is 2.88 bits per heavy atom. The van der Waals surface area contributed by atoms with Crippen molar-refractivity contribution in [3.05, 3.63) is 11.6 Å². The van der Waals surface area contributed by atoms with Gasteiger partial charge in [0.1, 0.15) is 0 Å². The number of rotatable bonds is 2. The van der Waals surface area contributed by atoms with Crippen LogP contribution in [0.25, 0.3) is 0 Å². The first-order chi connectivity index (χ1) is 3.81. The second-order valence-corrected chi connectivity index (χ2v) is 2.59. The molecule has 0 saturated carbocycles. The summed E-state index contributed by atoms with van der Waals surface area (Å²) < 4.78 is 1.15. The summed E-state index contributed by atoms with van der Waals surface area (Å²) >= 11 is 2.32. The summed E-state index contributed by atoms with van der Waals surface area (Å²) in [6.07, 6.45) is 8.26. The molecule has 0 amide bonds. The fourth-order valence-electron chi connectivity index (χ4n) is 0.330. The van der Waals surface area contributed by atoms with Crippen LogP contribution in [0.15, 0.2) is 11.6 Å². The van der Waals surface area contributed by atoms with Crippen LogP contribution in [-0.4, -0.2) is 4.43 Å². The third kappa shape index (κ3) is 4.20. The molecule has 8 heavy (non-hydrogen) atoms. The normalized spacial score (nSPS) is 10.9. The van der Waals surface area contributed by atoms with Crippen LogP contribution >= 0.6 is 22.6 Å². The van der Waals surface area contributed by atoms with E-state index in [2.05, 4.69) is 34.6 Å². The SMILES string of the molecule is C#CC(C)=CCCI. The highest BCUT2D eigenvalue weighted by Crippen LogP contribution is 1.95. The molecule has 0 spiro atoms. The Labute approximate surface area is 64.5 Å². The van der Waals surface area contributed by atoms with Gasteiger partial charge in [-0.15, -0.1) is 6.42 Å². The van der Waals surface area contributed by atoms with Crippen molar-refractivity contribution in [1.29, 1.82) is 0 Å². The first-order valence-electron chi connectivity index (χ1n) is 2.50. The van der Waals surface area contributed by atoms with Crippen LogP contribution in [0, 0.1) is 12.3 Å². The standard InChI is InChI=1S/C7H9I/c1-3-7(2)5-4-6-8/h1,5H,4,6H2,2H3. The molecule has 0 aliphatic rings. The van der Waals surface area contributed by atoms with Crippen LogP contribution in [-0.2, 0) is 0 Å². The van der Waals surface area contributed by atoms with Gasteiger partial charge in [0.25, 0.3) is 0 Å². The van der Waals surface area contributed by atoms with Crippen molar-refractivity contribution in [3.8, 4) is 12.3 Å². The van der Waals surface area contributed by atoms with Gasteiger partial charge in [-0.3, -0.25) is 0 Å². The van der Waals surface area contributed by atoms with Gasteiger partial charge in [0.2, 0.25) is 0 Å². The van der Waals surface area contributed by atoms with E-state index in [1.165, 1.54) is 0 Å². The monoisotopic (exact) mass is 220 g/mol. The van der Waals surface area contributed by atoms with Gasteiger partial charge in [0, 0.05) is 4.43 Å². The Kier molecular flexibility index (Phi) is 5.19. The zero-order chi connectivity index (χ0) is 6.41. The summed E-state index contributed by atoms with van der Waals surface area (Å²) in [7, 11) is 0. The molecule has 0 aromatic carbocycles. The smallest absolute Gasteiger partial charge is 0.00303 e. The second-order valence-electron chi connectivity index (χ2n) is 1.51. The van der Waals surface area contributed by atoms with Gasteiger partial charge in [-0.05, 0) is 18.9 Å². The summed E-state index contributed by atoms with van der Waals surface area (Å²) in [5, 5.41) is 0. The molecule has 0 aliphatic heterocycles. The number of hydrogen-bond donors (Lipinski definition) is 0. The first kappa shape index (κ1) is 8.03. The molecule has 0 aromatic heterocycles. The average molecular weight is 220 g/mol. The highest BCUT2D eigenvalue weighted by atomic mass is 127. The van der Waals surface area contributed by atoms with Crippen LogP contribution < -0.4 is 0 Å². The molecule has 0 aromatic rings. The van der Waals surface area contributed by atoms with Gasteiger partial charge in [-0.2, -0.15) is 0 Å². The number of halogens is 1. The van der Waals surface area contributed by atoms with Crippen molar-refractivity contribution < 1.29 is 0 Å². The van der Waals surface area contributed by atoms with Crippen LogP contribution in [0.3, 0.4) is 0 Å². The van der Waals surface area contributed by atoms with Crippen molar-refractivity contribution in [2.24, 2.45) is 0 Å². The average Bonchev–Trinajstić information content (AvgIpc) is 1.83. The second kappa shape index (κ2) is 5.17. The van der Waals surface area contributed by atoms with Gasteiger partial charge in [0.15, 0.2) is 0 Å². The van der Waals surface area contributed by atoms with Crippen LogP contribution in [0.2, 0.25) is 0 Å². The van der Waals surface area contributed by atoms with Gasteiger partial charge < -0.3 is 0 Å². The Morgan fingerprint density at radius 2 is 2.50 bits per heavy atom. The lowest BCUT2D eigenvalue weighted by molar-refractivity contribution is 1.25. The maximum atomic E-state index is 5.09. The van der Waals surface area contributed by atoms with E-state index < -0.39 is 0 Å². The Balaban J connectivity index is 3.46. The molecule has 0 radical (unpaired) electrons. The topological polar surface area (TPSA) is 0 Å². The summed E-state index contributed by atoms with van der Waals surface area (Å²) in [4.78, 5) is 0. The Bertz CT molecular complexity index is 117. The van der Waals surface area contributed by atoms with E-state index >= 15 is 0 Å². The Hall–Kier alpha value is 0.0300. The third-order valence-electron chi connectivity index (χ3n) is 0.787. The first-order valence-corrected chi connectivity index (χ1v) is 4.03. The number of allylic oxidation sites excluding steroid dienone is 2. The van der Waals surface area contributed by atoms with Gasteiger partial charge in [-0.25, -0.2) is 0 Å². The highest BCUT2D eigenvalue weighted by Gasteiger charge is 1.77. The van der Waals surface area contributed by atoms with Crippen LogP contribution in [0.4, 0.5) is 0 Å². The van der Waals surface area contributed by atoms with E-state index in [1.807, 2.05) is 6.92 Å². The van der Waals surface area contributed by atoms with Crippen molar-refractivity contribution in [3.63, 3.8) is 0 Å². The fourth-order valence-corrected chi connectivity index (χ4v) is 0.641. The van der Waals surface area contributed by atoms with Gasteiger partial charge in [0.05, 0.1) is 0 Å². The zero-order valence-corrected chi connectivity index (χ0v) is 7.10. The molecule has 44 valence electrons. The molecule has 0 atom stereocenters. The minimum absolute atomic E-state index is 1.04. The molecule has 0 saturated heterocycles. The third-order valence-corrected chi connectivity index (χ3v) is 1.41. The lowest BCUT2D eigenvalue weighted by Crippen LogP contribution is -1.69. The minimum Gasteiger partial charge on any atom is -0.115 e. The molecule has 0 bridgehead atoms. The number of alkyl halides is 1. The predicted molar refractivity (Wildman–Crippen MR) is 46.1 cm³/mol. The summed E-state index contributed by atoms with van der Waals surface area (Å²) in [6.45, 7) is 1.95. The van der Waals surface area contributed by atoms with Crippen molar-refractivity contribution in [2.75, 3.05) is 4.43 Å². The maximum absolute atomic E-state index is 5.09. The van der Waals surface area contributed by atoms with E-state index in [-0.39, 0.29) is 0 Å². The quantitative estimate of drug-likeness (QED) is 0.380. The summed E-state index contributed by atoms with van der Waals surface area (Å²) in [5.41, 5.74) is 1.04. The lowest BCUT2D eigenvalue weighted by Gasteiger charge is -1.83. The van der Waals surface area contributed by atoms with E-state index in [0.29, 0.717) is 0 Å². The van der Waals surface area contributed by atoms with Crippen LogP contribution in [0.1, 0.15) is 13.3 Å². The molecule has 0 aliphatic carbocycles. The van der Waals surface area contributed by atoms with E-state index in [9.17, 15) is 0 Å². The Morgan fingerprint density at radius 1 is 1.88 bits per heavy atom. The highest BCUT2D eigenvalue weighted by molar-refractivity contribution is 14.1. The minimum atomic E-state index is 1.04. The number of terminal acetylenes is 1. The van der Waals surface area contributed by atoms with E-state index in [4.69, 9.17) is 6.42 Å². The largest absolute Gasteiger partial charge is 0.115 e. The maximum Gasteiger partial charge on any atom is 0.00303 e. The molecule has 0 nitrogen and oxygen atoms in total. The van der Waals surface area contributed by atoms with Gasteiger partial charge in [-0.1, -0.05) is 34.6 Å². The summed E-state index contributed by atoms with van der Waals surface area (Å²) in [5.74, 6) is 2.56. The molecule has 0 heterocycles. The zero-order valence-electron chi connectivity index (χ0n) is 4.95. The molecule has 0 rings (SSSR count). The van der Waals surface area contributed by atoms with E-state index in [1.54, 1.807) is 0 Å². The lowest BCUT2D eigenvalue weighted by atomic mass is 10.3. The fraction of sp³-hybridized carbons (Fsp3) is 0.429. The number of hydrogen-bond acceptors (Lipinski definition) is 0. The van der Waals surface area contributed by atoms with Crippen LogP contribution in [0.5, 0.6) is 0 Å². The van der Waals surface area contributed by atoms with Crippen molar-refractivity contribution >= 4 is 22.6 Å². The summed E-state index contributed by atoms with van der Waals surface area (Å²) in [6, 6.07) is 0. The molecule has 0 N–H and O–H groups in total. The van der Waals surface area contributed by atoms with E-state index in [0.717, 1.165) is 16.4 Å².